The first kappa shape index (κ1) is 13.8. The third-order valence-corrected chi connectivity index (χ3v) is 3.40. The Labute approximate surface area is 112 Å². The van der Waals surface area contributed by atoms with Gasteiger partial charge < -0.3 is 10.6 Å². The largest absolute Gasteiger partial charge is 0.363 e. The molecule has 0 bridgehead atoms. The van der Waals surface area contributed by atoms with Gasteiger partial charge in [0, 0.05) is 18.6 Å². The quantitative estimate of drug-likeness (QED) is 0.628. The summed E-state index contributed by atoms with van der Waals surface area (Å²) in [7, 11) is 0. The second-order valence-corrected chi connectivity index (χ2v) is 5.25. The molecule has 1 aromatic rings. The van der Waals surface area contributed by atoms with E-state index in [1.165, 1.54) is 0 Å². The third kappa shape index (κ3) is 2.86. The van der Waals surface area contributed by atoms with Gasteiger partial charge in [0.1, 0.15) is 5.69 Å². The summed E-state index contributed by atoms with van der Waals surface area (Å²) in [6.07, 6.45) is 2.27. The van der Waals surface area contributed by atoms with E-state index in [1.807, 2.05) is 13.8 Å². The SMILES string of the molecule is Cc1nn(C(C)C)c(NCC2CCCN2)c1[N+](=O)[O-]. The topological polar surface area (TPSA) is 85.0 Å². The van der Waals surface area contributed by atoms with E-state index in [1.54, 1.807) is 11.6 Å². The number of aryl methyl sites for hydroxylation is 1. The van der Waals surface area contributed by atoms with Crippen LogP contribution in [0.4, 0.5) is 11.5 Å². The molecule has 1 fully saturated rings. The Balaban J connectivity index is 2.22. The van der Waals surface area contributed by atoms with Crippen molar-refractivity contribution < 1.29 is 4.92 Å². The number of aromatic nitrogens is 2. The van der Waals surface area contributed by atoms with Crippen molar-refractivity contribution in [2.24, 2.45) is 0 Å². The number of anilines is 1. The van der Waals surface area contributed by atoms with E-state index in [9.17, 15) is 10.1 Å². The molecule has 7 heteroatoms. The van der Waals surface area contributed by atoms with E-state index in [2.05, 4.69) is 15.7 Å². The number of nitrogens with zero attached hydrogens (tertiary/aromatic N) is 3. The van der Waals surface area contributed by atoms with Crippen LogP contribution in [0.5, 0.6) is 0 Å². The van der Waals surface area contributed by atoms with Crippen molar-refractivity contribution in [2.45, 2.75) is 45.7 Å². The number of rotatable bonds is 5. The van der Waals surface area contributed by atoms with E-state index in [4.69, 9.17) is 0 Å². The summed E-state index contributed by atoms with van der Waals surface area (Å²) in [4.78, 5) is 10.8. The van der Waals surface area contributed by atoms with E-state index >= 15 is 0 Å². The molecule has 7 nitrogen and oxygen atoms in total. The number of hydrogen-bond acceptors (Lipinski definition) is 5. The Kier molecular flexibility index (Phi) is 4.04. The average molecular weight is 267 g/mol. The maximum atomic E-state index is 11.2. The molecule has 1 saturated heterocycles. The van der Waals surface area contributed by atoms with Crippen LogP contribution in [0, 0.1) is 17.0 Å². The van der Waals surface area contributed by atoms with Gasteiger partial charge in [0.15, 0.2) is 0 Å². The Morgan fingerprint density at radius 1 is 1.63 bits per heavy atom. The first-order valence-corrected chi connectivity index (χ1v) is 6.71. The van der Waals surface area contributed by atoms with E-state index in [0.717, 1.165) is 19.4 Å². The molecule has 0 aromatic carbocycles. The Morgan fingerprint density at radius 2 is 2.37 bits per heavy atom. The van der Waals surface area contributed by atoms with Crippen molar-refractivity contribution >= 4 is 11.5 Å². The molecule has 2 heterocycles. The Morgan fingerprint density at radius 3 is 2.89 bits per heavy atom. The summed E-state index contributed by atoms with van der Waals surface area (Å²) in [6, 6.07) is 0.474. The molecule has 2 rings (SSSR count). The molecule has 1 aliphatic heterocycles. The number of nitrogens with one attached hydrogen (secondary N) is 2. The smallest absolute Gasteiger partial charge is 0.333 e. The molecule has 0 amide bonds. The fourth-order valence-corrected chi connectivity index (χ4v) is 2.45. The van der Waals surface area contributed by atoms with Crippen LogP contribution in [0.2, 0.25) is 0 Å². The van der Waals surface area contributed by atoms with Crippen molar-refractivity contribution in [1.82, 2.24) is 15.1 Å². The molecule has 19 heavy (non-hydrogen) atoms. The van der Waals surface area contributed by atoms with Crippen LogP contribution in [-0.2, 0) is 0 Å². The predicted octanol–water partition coefficient (Wildman–Crippen LogP) is 1.84. The first-order valence-electron chi connectivity index (χ1n) is 6.71. The minimum atomic E-state index is -0.356. The van der Waals surface area contributed by atoms with Crippen LogP contribution >= 0.6 is 0 Å². The molecular weight excluding hydrogens is 246 g/mol. The predicted molar refractivity (Wildman–Crippen MR) is 73.5 cm³/mol. The maximum Gasteiger partial charge on any atom is 0.333 e. The van der Waals surface area contributed by atoms with Gasteiger partial charge in [0.05, 0.1) is 4.92 Å². The minimum Gasteiger partial charge on any atom is -0.363 e. The lowest BCUT2D eigenvalue weighted by Gasteiger charge is -2.15. The van der Waals surface area contributed by atoms with Crippen LogP contribution < -0.4 is 10.6 Å². The zero-order valence-corrected chi connectivity index (χ0v) is 11.6. The summed E-state index contributed by atoms with van der Waals surface area (Å²) in [5, 5.41) is 22.0. The van der Waals surface area contributed by atoms with Gasteiger partial charge in [-0.2, -0.15) is 5.10 Å². The van der Waals surface area contributed by atoms with Crippen LogP contribution in [0.25, 0.3) is 0 Å². The summed E-state index contributed by atoms with van der Waals surface area (Å²) in [5.74, 6) is 0.520. The lowest BCUT2D eigenvalue weighted by atomic mass is 10.2. The van der Waals surface area contributed by atoms with Gasteiger partial charge in [0.2, 0.25) is 5.82 Å². The van der Waals surface area contributed by atoms with Crippen LogP contribution in [0.15, 0.2) is 0 Å². The van der Waals surface area contributed by atoms with Crippen LogP contribution in [0.1, 0.15) is 38.4 Å². The highest BCUT2D eigenvalue weighted by atomic mass is 16.6. The number of hydrogen-bond donors (Lipinski definition) is 2. The van der Waals surface area contributed by atoms with E-state index in [0.29, 0.717) is 24.1 Å². The monoisotopic (exact) mass is 267 g/mol. The summed E-state index contributed by atoms with van der Waals surface area (Å²) >= 11 is 0. The zero-order chi connectivity index (χ0) is 14.0. The van der Waals surface area contributed by atoms with Crippen molar-refractivity contribution in [3.05, 3.63) is 15.8 Å². The molecule has 0 radical (unpaired) electrons. The van der Waals surface area contributed by atoms with Gasteiger partial charge in [-0.3, -0.25) is 10.1 Å². The lowest BCUT2D eigenvalue weighted by Crippen LogP contribution is -2.30. The highest BCUT2D eigenvalue weighted by Gasteiger charge is 2.27. The van der Waals surface area contributed by atoms with Gasteiger partial charge in [0.25, 0.3) is 0 Å². The van der Waals surface area contributed by atoms with E-state index < -0.39 is 0 Å². The van der Waals surface area contributed by atoms with Gasteiger partial charge in [-0.25, -0.2) is 4.68 Å². The van der Waals surface area contributed by atoms with E-state index in [-0.39, 0.29) is 16.7 Å². The second kappa shape index (κ2) is 5.56. The minimum absolute atomic E-state index is 0.0893. The Hall–Kier alpha value is -1.63. The van der Waals surface area contributed by atoms with Crippen molar-refractivity contribution in [3.8, 4) is 0 Å². The standard InChI is InChI=1S/C12H21N5O2/c1-8(2)16-12(11(17(18)19)9(3)15-16)14-7-10-5-4-6-13-10/h8,10,13-14H,4-7H2,1-3H3. The molecular formula is C12H21N5O2. The van der Waals surface area contributed by atoms with Crippen molar-refractivity contribution in [2.75, 3.05) is 18.4 Å². The lowest BCUT2D eigenvalue weighted by molar-refractivity contribution is -0.384. The fourth-order valence-electron chi connectivity index (χ4n) is 2.45. The molecule has 106 valence electrons. The highest BCUT2D eigenvalue weighted by molar-refractivity contribution is 5.59. The molecule has 1 unspecified atom stereocenters. The van der Waals surface area contributed by atoms with Crippen LogP contribution in [0.3, 0.4) is 0 Å². The van der Waals surface area contributed by atoms with Crippen molar-refractivity contribution in [3.63, 3.8) is 0 Å². The molecule has 1 aliphatic rings. The molecule has 1 aromatic heterocycles. The fraction of sp³-hybridized carbons (Fsp3) is 0.750. The molecule has 0 saturated carbocycles. The first-order chi connectivity index (χ1) is 9.00. The highest BCUT2D eigenvalue weighted by Crippen LogP contribution is 2.30. The molecule has 1 atom stereocenters. The van der Waals surface area contributed by atoms with Gasteiger partial charge in [-0.05, 0) is 40.2 Å². The van der Waals surface area contributed by atoms with Gasteiger partial charge >= 0.3 is 5.69 Å². The molecule has 0 aliphatic carbocycles. The summed E-state index contributed by atoms with van der Waals surface area (Å²) in [6.45, 7) is 7.33. The number of nitro groups is 1. The summed E-state index contributed by atoms with van der Waals surface area (Å²) < 4.78 is 1.70. The van der Waals surface area contributed by atoms with Crippen molar-refractivity contribution in [1.29, 1.82) is 0 Å². The second-order valence-electron chi connectivity index (χ2n) is 5.25. The average Bonchev–Trinajstić information content (AvgIpc) is 2.92. The van der Waals surface area contributed by atoms with Gasteiger partial charge in [-0.15, -0.1) is 0 Å². The zero-order valence-electron chi connectivity index (χ0n) is 11.6. The van der Waals surface area contributed by atoms with Crippen LogP contribution in [-0.4, -0.2) is 33.8 Å². The molecule has 2 N–H and O–H groups in total. The Bertz CT molecular complexity index is 463. The maximum absolute atomic E-state index is 11.2. The van der Waals surface area contributed by atoms with Gasteiger partial charge in [-0.1, -0.05) is 0 Å². The normalized spacial score (nSPS) is 19.1. The summed E-state index contributed by atoms with van der Waals surface area (Å²) in [5.41, 5.74) is 0.548. The third-order valence-electron chi connectivity index (χ3n) is 3.40. The molecule has 0 spiro atoms.